The summed E-state index contributed by atoms with van der Waals surface area (Å²) in [5.74, 6) is 0. The Morgan fingerprint density at radius 2 is 1.94 bits per heavy atom. The maximum atomic E-state index is 3.87. The van der Waals surface area contributed by atoms with Crippen molar-refractivity contribution in [3.63, 3.8) is 0 Å². The van der Waals surface area contributed by atoms with Crippen LogP contribution in [-0.2, 0) is 0 Å². The van der Waals surface area contributed by atoms with Crippen LogP contribution in [0.5, 0.6) is 0 Å². The zero-order chi connectivity index (χ0) is 12.4. The Kier molecular flexibility index (Phi) is 4.22. The van der Waals surface area contributed by atoms with Gasteiger partial charge in [0.25, 0.3) is 0 Å². The minimum absolute atomic E-state index is 0.791. The lowest BCUT2D eigenvalue weighted by molar-refractivity contribution is 0.145. The number of likely N-dealkylation sites (tertiary alicyclic amines) is 1. The summed E-state index contributed by atoms with van der Waals surface area (Å²) in [5, 5.41) is 3.87. The molecule has 3 rings (SSSR count). The molecule has 3 atom stereocenters. The van der Waals surface area contributed by atoms with Gasteiger partial charge in [-0.25, -0.2) is 0 Å². The normalized spacial score (nSPS) is 38.8. The predicted octanol–water partition coefficient (Wildman–Crippen LogP) is 1.69. The maximum Gasteiger partial charge on any atom is 0.0217 e. The molecule has 104 valence electrons. The Morgan fingerprint density at radius 1 is 1.00 bits per heavy atom. The first-order valence-electron chi connectivity index (χ1n) is 8.00. The number of piperidine rings is 2. The van der Waals surface area contributed by atoms with Crippen molar-refractivity contribution < 1.29 is 0 Å². The van der Waals surface area contributed by atoms with Crippen molar-refractivity contribution in [2.45, 2.75) is 63.1 Å². The smallest absolute Gasteiger partial charge is 0.0217 e. The van der Waals surface area contributed by atoms with E-state index in [0.717, 1.165) is 18.1 Å². The van der Waals surface area contributed by atoms with Crippen LogP contribution >= 0.6 is 0 Å². The van der Waals surface area contributed by atoms with Gasteiger partial charge in [0, 0.05) is 24.7 Å². The van der Waals surface area contributed by atoms with Gasteiger partial charge in [0.05, 0.1) is 0 Å². The van der Waals surface area contributed by atoms with E-state index in [4.69, 9.17) is 0 Å². The Morgan fingerprint density at radius 3 is 2.83 bits per heavy atom. The summed E-state index contributed by atoms with van der Waals surface area (Å²) in [6.45, 7) is 5.22. The standard InChI is InChI=1S/C15H29N3/c1-17-8-3-2-5-15(17)12-16-13-7-10-18-9-4-6-14(18)11-13/h13-16H,2-12H2,1H3. The zero-order valence-corrected chi connectivity index (χ0v) is 11.9. The average Bonchev–Trinajstić information content (AvgIpc) is 2.85. The van der Waals surface area contributed by atoms with E-state index in [9.17, 15) is 0 Å². The first-order valence-corrected chi connectivity index (χ1v) is 8.00. The number of hydrogen-bond donors (Lipinski definition) is 1. The van der Waals surface area contributed by atoms with Crippen molar-refractivity contribution in [1.29, 1.82) is 0 Å². The van der Waals surface area contributed by atoms with Gasteiger partial charge in [-0.3, -0.25) is 0 Å². The van der Waals surface area contributed by atoms with Crippen molar-refractivity contribution in [3.8, 4) is 0 Å². The quantitative estimate of drug-likeness (QED) is 0.823. The van der Waals surface area contributed by atoms with Crippen molar-refractivity contribution >= 4 is 0 Å². The van der Waals surface area contributed by atoms with Crippen LogP contribution in [0, 0.1) is 0 Å². The highest BCUT2D eigenvalue weighted by molar-refractivity contribution is 4.90. The summed E-state index contributed by atoms with van der Waals surface area (Å²) >= 11 is 0. The molecular formula is C15H29N3. The van der Waals surface area contributed by atoms with Gasteiger partial charge < -0.3 is 15.1 Å². The van der Waals surface area contributed by atoms with Gasteiger partial charge in [-0.15, -0.1) is 0 Å². The van der Waals surface area contributed by atoms with Crippen LogP contribution in [0.4, 0.5) is 0 Å². The van der Waals surface area contributed by atoms with Crippen LogP contribution in [0.1, 0.15) is 44.9 Å². The Hall–Kier alpha value is -0.120. The highest BCUT2D eigenvalue weighted by Gasteiger charge is 2.31. The fourth-order valence-corrected chi connectivity index (χ4v) is 4.11. The minimum atomic E-state index is 0.791. The third-order valence-corrected chi connectivity index (χ3v) is 5.38. The maximum absolute atomic E-state index is 3.87. The largest absolute Gasteiger partial charge is 0.312 e. The van der Waals surface area contributed by atoms with Crippen molar-refractivity contribution in [3.05, 3.63) is 0 Å². The molecule has 0 radical (unpaired) electrons. The number of nitrogens with one attached hydrogen (secondary N) is 1. The second-order valence-corrected chi connectivity index (χ2v) is 6.59. The molecule has 3 heterocycles. The van der Waals surface area contributed by atoms with E-state index in [-0.39, 0.29) is 0 Å². The molecular weight excluding hydrogens is 222 g/mol. The SMILES string of the molecule is CN1CCCCC1CNC1CCN2CCCC2C1. The summed E-state index contributed by atoms with van der Waals surface area (Å²) in [6.07, 6.45) is 9.87. The molecule has 3 aliphatic heterocycles. The second kappa shape index (κ2) is 5.89. The molecule has 3 unspecified atom stereocenters. The molecule has 3 aliphatic rings. The Balaban J connectivity index is 1.43. The molecule has 0 bridgehead atoms. The monoisotopic (exact) mass is 251 g/mol. The fraction of sp³-hybridized carbons (Fsp3) is 1.00. The molecule has 3 saturated heterocycles. The summed E-state index contributed by atoms with van der Waals surface area (Å²) in [4.78, 5) is 5.27. The van der Waals surface area contributed by atoms with E-state index in [1.54, 1.807) is 0 Å². The molecule has 0 aliphatic carbocycles. The van der Waals surface area contributed by atoms with E-state index >= 15 is 0 Å². The first-order chi connectivity index (χ1) is 8.83. The van der Waals surface area contributed by atoms with Crippen molar-refractivity contribution in [2.24, 2.45) is 0 Å². The lowest BCUT2D eigenvalue weighted by Gasteiger charge is -2.38. The van der Waals surface area contributed by atoms with E-state index in [1.807, 2.05) is 0 Å². The number of likely N-dealkylation sites (N-methyl/N-ethyl adjacent to an activating group) is 1. The topological polar surface area (TPSA) is 18.5 Å². The molecule has 0 amide bonds. The highest BCUT2D eigenvalue weighted by Crippen LogP contribution is 2.27. The summed E-state index contributed by atoms with van der Waals surface area (Å²) in [7, 11) is 2.30. The van der Waals surface area contributed by atoms with Gasteiger partial charge in [0.1, 0.15) is 0 Å². The molecule has 0 spiro atoms. The van der Waals surface area contributed by atoms with Crippen LogP contribution in [0.25, 0.3) is 0 Å². The third-order valence-electron chi connectivity index (χ3n) is 5.38. The molecule has 18 heavy (non-hydrogen) atoms. The van der Waals surface area contributed by atoms with Crippen molar-refractivity contribution in [1.82, 2.24) is 15.1 Å². The van der Waals surface area contributed by atoms with Crippen LogP contribution in [0.15, 0.2) is 0 Å². The van der Waals surface area contributed by atoms with Crippen LogP contribution < -0.4 is 5.32 Å². The molecule has 1 N–H and O–H groups in total. The van der Waals surface area contributed by atoms with Gasteiger partial charge in [-0.2, -0.15) is 0 Å². The molecule has 0 aromatic rings. The van der Waals surface area contributed by atoms with E-state index in [0.29, 0.717) is 0 Å². The zero-order valence-electron chi connectivity index (χ0n) is 11.9. The van der Waals surface area contributed by atoms with E-state index in [1.165, 1.54) is 71.1 Å². The summed E-state index contributed by atoms with van der Waals surface area (Å²) < 4.78 is 0. The molecule has 0 aromatic heterocycles. The summed E-state index contributed by atoms with van der Waals surface area (Å²) in [6, 6.07) is 2.49. The van der Waals surface area contributed by atoms with Gasteiger partial charge in [-0.05, 0) is 65.2 Å². The average molecular weight is 251 g/mol. The number of fused-ring (bicyclic) bond motifs is 1. The fourth-order valence-electron chi connectivity index (χ4n) is 4.11. The number of rotatable bonds is 3. The molecule has 0 aromatic carbocycles. The molecule has 3 fully saturated rings. The Labute approximate surface area is 112 Å². The van der Waals surface area contributed by atoms with E-state index in [2.05, 4.69) is 22.2 Å². The van der Waals surface area contributed by atoms with Crippen LogP contribution in [0.3, 0.4) is 0 Å². The first kappa shape index (κ1) is 12.9. The van der Waals surface area contributed by atoms with Gasteiger partial charge >= 0.3 is 0 Å². The second-order valence-electron chi connectivity index (χ2n) is 6.59. The molecule has 3 nitrogen and oxygen atoms in total. The highest BCUT2D eigenvalue weighted by atomic mass is 15.2. The van der Waals surface area contributed by atoms with Crippen LogP contribution in [-0.4, -0.2) is 61.2 Å². The number of nitrogens with zero attached hydrogens (tertiary/aromatic N) is 2. The number of hydrogen-bond acceptors (Lipinski definition) is 3. The van der Waals surface area contributed by atoms with E-state index < -0.39 is 0 Å². The third kappa shape index (κ3) is 2.89. The molecule has 3 heteroatoms. The van der Waals surface area contributed by atoms with Gasteiger partial charge in [0.15, 0.2) is 0 Å². The van der Waals surface area contributed by atoms with Crippen LogP contribution in [0.2, 0.25) is 0 Å². The lowest BCUT2D eigenvalue weighted by atomic mass is 9.96. The van der Waals surface area contributed by atoms with Gasteiger partial charge in [-0.1, -0.05) is 6.42 Å². The summed E-state index contributed by atoms with van der Waals surface area (Å²) in [5.41, 5.74) is 0. The van der Waals surface area contributed by atoms with Gasteiger partial charge in [0.2, 0.25) is 0 Å². The molecule has 0 saturated carbocycles. The lowest BCUT2D eigenvalue weighted by Crippen LogP contribution is -2.50. The van der Waals surface area contributed by atoms with Crippen molar-refractivity contribution in [2.75, 3.05) is 33.2 Å². The minimum Gasteiger partial charge on any atom is -0.312 e. The Bertz CT molecular complexity index is 268. The predicted molar refractivity (Wildman–Crippen MR) is 75.9 cm³/mol.